The fourth-order valence-electron chi connectivity index (χ4n) is 4.04. The molecule has 8 nitrogen and oxygen atoms in total. The van der Waals surface area contributed by atoms with Crippen LogP contribution < -0.4 is 10.0 Å². The summed E-state index contributed by atoms with van der Waals surface area (Å²) < 4.78 is 32.3. The van der Waals surface area contributed by atoms with Gasteiger partial charge < -0.3 is 15.0 Å². The van der Waals surface area contributed by atoms with Crippen LogP contribution in [0.3, 0.4) is 0 Å². The lowest BCUT2D eigenvalue weighted by atomic mass is 10.2. The smallest absolute Gasteiger partial charge is 0.240 e. The Morgan fingerprint density at radius 1 is 1.27 bits per heavy atom. The van der Waals surface area contributed by atoms with Gasteiger partial charge in [0.15, 0.2) is 5.96 Å². The zero-order valence-corrected chi connectivity index (χ0v) is 21.0. The van der Waals surface area contributed by atoms with Crippen molar-refractivity contribution in [1.29, 1.82) is 0 Å². The Morgan fingerprint density at radius 2 is 2.03 bits per heavy atom. The Labute approximate surface area is 197 Å². The molecule has 10 heteroatoms. The lowest BCUT2D eigenvalue weighted by molar-refractivity contribution is 0.204. The van der Waals surface area contributed by atoms with E-state index in [2.05, 4.69) is 24.8 Å². The summed E-state index contributed by atoms with van der Waals surface area (Å²) in [5, 5.41) is 3.39. The maximum atomic E-state index is 12.4. The van der Waals surface area contributed by atoms with Crippen LogP contribution in [0.5, 0.6) is 0 Å². The van der Waals surface area contributed by atoms with Gasteiger partial charge in [-0.15, -0.1) is 24.0 Å². The number of halogens is 1. The van der Waals surface area contributed by atoms with E-state index in [9.17, 15) is 8.42 Å². The van der Waals surface area contributed by atoms with Gasteiger partial charge in [-0.1, -0.05) is 12.1 Å². The predicted molar refractivity (Wildman–Crippen MR) is 130 cm³/mol. The highest BCUT2D eigenvalue weighted by atomic mass is 127. The van der Waals surface area contributed by atoms with Crippen molar-refractivity contribution >= 4 is 40.0 Å². The zero-order chi connectivity index (χ0) is 20.7. The Kier molecular flexibility index (Phi) is 10.3. The average molecular weight is 551 g/mol. The number of likely N-dealkylation sites (tertiary alicyclic amines) is 2. The van der Waals surface area contributed by atoms with Crippen molar-refractivity contribution < 1.29 is 13.2 Å². The average Bonchev–Trinajstić information content (AvgIpc) is 3.41. The van der Waals surface area contributed by atoms with Crippen molar-refractivity contribution in [2.45, 2.75) is 36.7 Å². The van der Waals surface area contributed by atoms with Crippen LogP contribution in [0, 0.1) is 0 Å². The Balaban J connectivity index is 0.00000320. The van der Waals surface area contributed by atoms with Crippen molar-refractivity contribution in [3.63, 3.8) is 0 Å². The highest BCUT2D eigenvalue weighted by Gasteiger charge is 2.30. The number of sulfonamides is 1. The molecule has 1 unspecified atom stereocenters. The van der Waals surface area contributed by atoms with E-state index < -0.39 is 10.0 Å². The molecule has 0 bridgehead atoms. The minimum absolute atomic E-state index is 0. The molecule has 1 aromatic carbocycles. The fourth-order valence-corrected chi connectivity index (χ4v) is 5.12. The van der Waals surface area contributed by atoms with Crippen LogP contribution in [-0.4, -0.2) is 83.7 Å². The Morgan fingerprint density at radius 3 is 2.73 bits per heavy atom. The largest absolute Gasteiger partial charge is 0.383 e. The summed E-state index contributed by atoms with van der Waals surface area (Å²) in [7, 11) is -0.195. The number of nitrogens with zero attached hydrogens (tertiary/aromatic N) is 3. The van der Waals surface area contributed by atoms with Gasteiger partial charge in [-0.3, -0.25) is 9.89 Å². The fraction of sp³-hybridized carbons (Fsp3) is 0.650. The van der Waals surface area contributed by atoms with Gasteiger partial charge in [0.05, 0.1) is 11.5 Å². The molecule has 2 heterocycles. The molecule has 0 radical (unpaired) electrons. The standard InChI is InChI=1S/C20H33N5O3S.HI/c1-21-20(25-12-8-18(16-25)24-10-3-4-11-24)22-15-17-6-5-7-19(14-17)29(26,27)23-9-13-28-2;/h5-7,14,18,23H,3-4,8-13,15-16H2,1-2H3,(H,21,22);1H. The maximum absolute atomic E-state index is 12.4. The first-order chi connectivity index (χ1) is 14.0. The molecule has 30 heavy (non-hydrogen) atoms. The number of rotatable bonds is 8. The predicted octanol–water partition coefficient (Wildman–Crippen LogP) is 1.47. The van der Waals surface area contributed by atoms with E-state index in [0.29, 0.717) is 19.2 Å². The lowest BCUT2D eigenvalue weighted by Crippen LogP contribution is -2.42. The van der Waals surface area contributed by atoms with Crippen molar-refractivity contribution in [3.8, 4) is 0 Å². The van der Waals surface area contributed by atoms with E-state index in [0.717, 1.165) is 24.6 Å². The molecule has 0 saturated carbocycles. The molecule has 2 saturated heterocycles. The van der Waals surface area contributed by atoms with Crippen LogP contribution in [0.1, 0.15) is 24.8 Å². The molecule has 170 valence electrons. The summed E-state index contributed by atoms with van der Waals surface area (Å²) in [6, 6.07) is 7.61. The van der Waals surface area contributed by atoms with Crippen LogP contribution in [0.15, 0.2) is 34.2 Å². The first kappa shape index (κ1) is 25.3. The number of ether oxygens (including phenoxy) is 1. The summed E-state index contributed by atoms with van der Waals surface area (Å²) in [4.78, 5) is 9.59. The van der Waals surface area contributed by atoms with E-state index in [1.807, 2.05) is 6.07 Å². The van der Waals surface area contributed by atoms with Gasteiger partial charge in [-0.2, -0.15) is 0 Å². The molecule has 1 atom stereocenters. The maximum Gasteiger partial charge on any atom is 0.240 e. The van der Waals surface area contributed by atoms with E-state index in [-0.39, 0.29) is 35.4 Å². The van der Waals surface area contributed by atoms with E-state index in [1.165, 1.54) is 32.4 Å². The number of aliphatic imine (C=N–C) groups is 1. The number of hydrogen-bond donors (Lipinski definition) is 2. The van der Waals surface area contributed by atoms with Gasteiger partial charge in [0.2, 0.25) is 10.0 Å². The van der Waals surface area contributed by atoms with Gasteiger partial charge >= 0.3 is 0 Å². The highest BCUT2D eigenvalue weighted by molar-refractivity contribution is 14.0. The molecular formula is C20H34IN5O3S. The van der Waals surface area contributed by atoms with Gasteiger partial charge in [0.25, 0.3) is 0 Å². The normalized spacial score (nSPS) is 20.4. The quantitative estimate of drug-likeness (QED) is 0.221. The summed E-state index contributed by atoms with van der Waals surface area (Å²) in [5.41, 5.74) is 0.899. The molecule has 2 fully saturated rings. The van der Waals surface area contributed by atoms with Crippen LogP contribution in [0.25, 0.3) is 0 Å². The van der Waals surface area contributed by atoms with Crippen molar-refractivity contribution in [2.24, 2.45) is 4.99 Å². The van der Waals surface area contributed by atoms with E-state index in [4.69, 9.17) is 4.74 Å². The number of hydrogen-bond acceptors (Lipinski definition) is 5. The second kappa shape index (κ2) is 12.2. The summed E-state index contributed by atoms with van der Waals surface area (Å²) >= 11 is 0. The SMILES string of the molecule is CN=C(NCc1cccc(S(=O)(=O)NCCOC)c1)N1CCC(N2CCCC2)C1.I. The van der Waals surface area contributed by atoms with Gasteiger partial charge in [0, 0.05) is 46.4 Å². The summed E-state index contributed by atoms with van der Waals surface area (Å²) in [5.74, 6) is 0.873. The van der Waals surface area contributed by atoms with Crippen LogP contribution in [0.2, 0.25) is 0 Å². The summed E-state index contributed by atoms with van der Waals surface area (Å²) in [6.07, 6.45) is 3.79. The van der Waals surface area contributed by atoms with Gasteiger partial charge in [-0.05, 0) is 50.0 Å². The third-order valence-corrected chi connectivity index (χ3v) is 7.05. The molecular weight excluding hydrogens is 517 g/mol. The molecule has 2 N–H and O–H groups in total. The van der Waals surface area contributed by atoms with Crippen molar-refractivity contribution in [3.05, 3.63) is 29.8 Å². The second-order valence-electron chi connectivity index (χ2n) is 7.57. The zero-order valence-electron chi connectivity index (χ0n) is 17.8. The first-order valence-electron chi connectivity index (χ1n) is 10.3. The summed E-state index contributed by atoms with van der Waals surface area (Å²) in [6.45, 7) is 5.54. The third kappa shape index (κ3) is 6.78. The molecule has 2 aliphatic rings. The van der Waals surface area contributed by atoms with Crippen LogP contribution in [0.4, 0.5) is 0 Å². The molecule has 0 aromatic heterocycles. The molecule has 3 rings (SSSR count). The van der Waals surface area contributed by atoms with Gasteiger partial charge in [0.1, 0.15) is 0 Å². The Hall–Kier alpha value is -0.950. The number of benzene rings is 1. The molecule has 0 spiro atoms. The van der Waals surface area contributed by atoms with Crippen molar-refractivity contribution in [1.82, 2.24) is 19.8 Å². The van der Waals surface area contributed by atoms with Crippen LogP contribution >= 0.6 is 24.0 Å². The molecule has 1 aromatic rings. The second-order valence-corrected chi connectivity index (χ2v) is 9.34. The topological polar surface area (TPSA) is 86.3 Å². The molecule has 2 aliphatic heterocycles. The highest BCUT2D eigenvalue weighted by Crippen LogP contribution is 2.20. The minimum atomic E-state index is -3.54. The van der Waals surface area contributed by atoms with E-state index >= 15 is 0 Å². The third-order valence-electron chi connectivity index (χ3n) is 5.59. The minimum Gasteiger partial charge on any atom is -0.383 e. The Bertz CT molecular complexity index is 799. The number of guanidine groups is 1. The lowest BCUT2D eigenvalue weighted by Gasteiger charge is -2.25. The number of nitrogens with one attached hydrogen (secondary N) is 2. The first-order valence-corrected chi connectivity index (χ1v) is 11.8. The number of methoxy groups -OCH3 is 1. The van der Waals surface area contributed by atoms with Gasteiger partial charge in [-0.25, -0.2) is 13.1 Å². The molecule has 0 aliphatic carbocycles. The van der Waals surface area contributed by atoms with E-state index in [1.54, 1.807) is 32.4 Å². The van der Waals surface area contributed by atoms with Crippen molar-refractivity contribution in [2.75, 3.05) is 53.5 Å². The monoisotopic (exact) mass is 551 g/mol. The van der Waals surface area contributed by atoms with Crippen LogP contribution in [-0.2, 0) is 21.3 Å². The molecule has 0 amide bonds.